The summed E-state index contributed by atoms with van der Waals surface area (Å²) in [5.41, 5.74) is 1.04. The first-order chi connectivity index (χ1) is 13.4. The Morgan fingerprint density at radius 2 is 2.07 bits per heavy atom. The lowest BCUT2D eigenvalue weighted by molar-refractivity contribution is 0.290. The third-order valence-electron chi connectivity index (χ3n) is 4.74. The van der Waals surface area contributed by atoms with E-state index in [1.54, 1.807) is 31.2 Å². The van der Waals surface area contributed by atoms with Gasteiger partial charge < -0.3 is 4.52 Å². The first-order valence-corrected chi connectivity index (χ1v) is 10.6. The van der Waals surface area contributed by atoms with Crippen LogP contribution >= 0.6 is 11.6 Å². The second kappa shape index (κ2) is 7.27. The lowest BCUT2D eigenvalue weighted by atomic mass is 10.2. The fraction of sp³-hybridized carbons (Fsp3) is 0.263. The molecule has 0 unspecified atom stereocenters. The van der Waals surface area contributed by atoms with E-state index < -0.39 is 21.9 Å². The maximum Gasteiger partial charge on any atom is 0.245 e. The maximum absolute atomic E-state index is 13.4. The summed E-state index contributed by atoms with van der Waals surface area (Å²) in [7, 11) is -3.76. The highest BCUT2D eigenvalue weighted by Gasteiger charge is 2.40. The lowest BCUT2D eigenvalue weighted by Crippen LogP contribution is -2.31. The average Bonchev–Trinajstić information content (AvgIpc) is 3.31. The summed E-state index contributed by atoms with van der Waals surface area (Å²) in [6.45, 7) is 2.06. The van der Waals surface area contributed by atoms with Crippen LogP contribution in [0.3, 0.4) is 0 Å². The zero-order valence-electron chi connectivity index (χ0n) is 15.0. The molecule has 9 heteroatoms. The van der Waals surface area contributed by atoms with Gasteiger partial charge in [-0.05, 0) is 55.7 Å². The fourth-order valence-electron chi connectivity index (χ4n) is 3.42. The van der Waals surface area contributed by atoms with E-state index in [-0.39, 0.29) is 16.6 Å². The Kier molecular flexibility index (Phi) is 4.95. The molecular formula is C19H17ClFN3O3S. The van der Waals surface area contributed by atoms with Gasteiger partial charge in [0, 0.05) is 17.1 Å². The number of sulfonamides is 1. The average molecular weight is 422 g/mol. The highest BCUT2D eigenvalue weighted by molar-refractivity contribution is 7.89. The molecule has 1 aromatic heterocycles. The molecule has 4 rings (SSSR count). The minimum Gasteiger partial charge on any atom is -0.337 e. The minimum absolute atomic E-state index is 0.201. The number of halogens is 2. The molecule has 28 heavy (non-hydrogen) atoms. The van der Waals surface area contributed by atoms with E-state index in [0.29, 0.717) is 35.5 Å². The fourth-order valence-corrected chi connectivity index (χ4v) is 5.50. The van der Waals surface area contributed by atoms with Crippen molar-refractivity contribution in [2.24, 2.45) is 0 Å². The zero-order valence-corrected chi connectivity index (χ0v) is 16.5. The largest absolute Gasteiger partial charge is 0.337 e. The molecule has 146 valence electrons. The van der Waals surface area contributed by atoms with E-state index in [2.05, 4.69) is 10.1 Å². The van der Waals surface area contributed by atoms with Crippen LogP contribution in [0, 0.1) is 12.7 Å². The van der Waals surface area contributed by atoms with Gasteiger partial charge in [0.1, 0.15) is 11.9 Å². The molecule has 1 fully saturated rings. The molecule has 0 spiro atoms. The molecule has 1 aliphatic rings. The number of aromatic nitrogens is 2. The number of hydrogen-bond acceptors (Lipinski definition) is 5. The van der Waals surface area contributed by atoms with Gasteiger partial charge in [0.15, 0.2) is 0 Å². The quantitative estimate of drug-likeness (QED) is 0.625. The van der Waals surface area contributed by atoms with Gasteiger partial charge in [-0.3, -0.25) is 0 Å². The molecule has 0 N–H and O–H groups in total. The first-order valence-electron chi connectivity index (χ1n) is 8.74. The van der Waals surface area contributed by atoms with Crippen molar-refractivity contribution in [3.63, 3.8) is 0 Å². The van der Waals surface area contributed by atoms with E-state index in [0.717, 1.165) is 0 Å². The van der Waals surface area contributed by atoms with Gasteiger partial charge in [0.2, 0.25) is 21.7 Å². The van der Waals surface area contributed by atoms with Crippen LogP contribution in [-0.4, -0.2) is 29.4 Å². The summed E-state index contributed by atoms with van der Waals surface area (Å²) >= 11 is 5.95. The van der Waals surface area contributed by atoms with Gasteiger partial charge >= 0.3 is 0 Å². The molecule has 3 aromatic rings. The van der Waals surface area contributed by atoms with Crippen molar-refractivity contribution >= 4 is 21.6 Å². The number of aryl methyl sites for hydroxylation is 1. The van der Waals surface area contributed by atoms with Gasteiger partial charge in [-0.25, -0.2) is 12.8 Å². The van der Waals surface area contributed by atoms with Crippen LogP contribution in [0.25, 0.3) is 11.4 Å². The Morgan fingerprint density at radius 1 is 1.25 bits per heavy atom. The molecule has 0 saturated carbocycles. The van der Waals surface area contributed by atoms with Crippen LogP contribution in [0.2, 0.25) is 5.02 Å². The van der Waals surface area contributed by atoms with Gasteiger partial charge in [-0.1, -0.05) is 28.9 Å². The minimum atomic E-state index is -3.76. The number of benzene rings is 2. The topological polar surface area (TPSA) is 76.3 Å². The molecule has 2 aromatic carbocycles. The second-order valence-electron chi connectivity index (χ2n) is 6.65. The number of rotatable bonds is 4. The first kappa shape index (κ1) is 19.0. The van der Waals surface area contributed by atoms with Gasteiger partial charge in [-0.15, -0.1) is 0 Å². The predicted octanol–water partition coefficient (Wildman–Crippen LogP) is 4.36. The monoisotopic (exact) mass is 421 g/mol. The van der Waals surface area contributed by atoms with Crippen LogP contribution in [-0.2, 0) is 10.0 Å². The van der Waals surface area contributed by atoms with E-state index in [1.807, 2.05) is 0 Å². The van der Waals surface area contributed by atoms with Crippen LogP contribution in [0.5, 0.6) is 0 Å². The van der Waals surface area contributed by atoms with E-state index in [1.165, 1.54) is 22.5 Å². The standard InChI is InChI=1S/C19H17ClFN3O3S/c1-12-10-14(20)7-8-17(12)28(25,26)24-9-3-6-16(24)19-22-18(23-27-19)13-4-2-5-15(21)11-13/h2,4-5,7-8,10-11,16H,3,6,9H2,1H3/t16-/m0/s1. The molecule has 6 nitrogen and oxygen atoms in total. The Labute approximate surface area is 167 Å². The Hall–Kier alpha value is -2.29. The highest BCUT2D eigenvalue weighted by atomic mass is 35.5. The molecule has 0 aliphatic carbocycles. The molecule has 0 bridgehead atoms. The summed E-state index contributed by atoms with van der Waals surface area (Å²) < 4.78 is 46.6. The van der Waals surface area contributed by atoms with Crippen molar-refractivity contribution in [3.05, 3.63) is 64.8 Å². The van der Waals surface area contributed by atoms with Crippen molar-refractivity contribution in [3.8, 4) is 11.4 Å². The van der Waals surface area contributed by atoms with Crippen molar-refractivity contribution < 1.29 is 17.3 Å². The third kappa shape index (κ3) is 3.43. The normalized spacial score (nSPS) is 17.9. The molecule has 1 saturated heterocycles. The Morgan fingerprint density at radius 3 is 2.82 bits per heavy atom. The molecule has 0 amide bonds. The summed E-state index contributed by atoms with van der Waals surface area (Å²) in [5, 5.41) is 4.38. The molecular weight excluding hydrogens is 405 g/mol. The highest BCUT2D eigenvalue weighted by Crippen LogP contribution is 2.37. The van der Waals surface area contributed by atoms with E-state index in [9.17, 15) is 12.8 Å². The lowest BCUT2D eigenvalue weighted by Gasteiger charge is -2.22. The van der Waals surface area contributed by atoms with Crippen LogP contribution in [0.1, 0.15) is 30.3 Å². The van der Waals surface area contributed by atoms with Gasteiger partial charge in [-0.2, -0.15) is 9.29 Å². The van der Waals surface area contributed by atoms with Crippen LogP contribution in [0.15, 0.2) is 51.9 Å². The van der Waals surface area contributed by atoms with Crippen molar-refractivity contribution in [1.82, 2.24) is 14.4 Å². The van der Waals surface area contributed by atoms with Crippen molar-refractivity contribution in [2.75, 3.05) is 6.54 Å². The van der Waals surface area contributed by atoms with Crippen LogP contribution in [0.4, 0.5) is 4.39 Å². The van der Waals surface area contributed by atoms with Gasteiger partial charge in [0.25, 0.3) is 0 Å². The third-order valence-corrected chi connectivity index (χ3v) is 7.04. The molecule has 1 atom stereocenters. The van der Waals surface area contributed by atoms with Crippen molar-refractivity contribution in [2.45, 2.75) is 30.7 Å². The van der Waals surface area contributed by atoms with Gasteiger partial charge in [0.05, 0.1) is 4.90 Å². The van der Waals surface area contributed by atoms with Crippen molar-refractivity contribution in [1.29, 1.82) is 0 Å². The Balaban J connectivity index is 1.67. The summed E-state index contributed by atoms with van der Waals surface area (Å²) in [5.74, 6) is 0.0144. The summed E-state index contributed by atoms with van der Waals surface area (Å²) in [6.07, 6.45) is 1.24. The number of hydrogen-bond donors (Lipinski definition) is 0. The second-order valence-corrected chi connectivity index (χ2v) is 8.95. The smallest absolute Gasteiger partial charge is 0.245 e. The molecule has 1 aliphatic heterocycles. The molecule has 0 radical (unpaired) electrons. The number of nitrogens with zero attached hydrogens (tertiary/aromatic N) is 3. The van der Waals surface area contributed by atoms with E-state index in [4.69, 9.17) is 16.1 Å². The maximum atomic E-state index is 13.4. The Bertz CT molecular complexity index is 1130. The molecule has 2 heterocycles. The SMILES string of the molecule is Cc1cc(Cl)ccc1S(=O)(=O)N1CCC[C@H]1c1nc(-c2cccc(F)c2)no1. The predicted molar refractivity (Wildman–Crippen MR) is 102 cm³/mol. The summed E-state index contributed by atoms with van der Waals surface area (Å²) in [6, 6.07) is 9.96. The summed E-state index contributed by atoms with van der Waals surface area (Å²) in [4.78, 5) is 4.53. The van der Waals surface area contributed by atoms with Crippen LogP contribution < -0.4 is 0 Å². The zero-order chi connectivity index (χ0) is 19.9. The van der Waals surface area contributed by atoms with E-state index >= 15 is 0 Å².